The predicted octanol–water partition coefficient (Wildman–Crippen LogP) is 4.34. The molecule has 0 aliphatic carbocycles. The first-order chi connectivity index (χ1) is 8.99. The summed E-state index contributed by atoms with van der Waals surface area (Å²) >= 11 is 3.44. The van der Waals surface area contributed by atoms with Gasteiger partial charge in [0.25, 0.3) is 5.91 Å². The summed E-state index contributed by atoms with van der Waals surface area (Å²) in [6.45, 7) is 4.01. The Labute approximate surface area is 122 Å². The molecule has 0 fully saturated rings. The second kappa shape index (κ2) is 5.57. The van der Waals surface area contributed by atoms with Gasteiger partial charge in [-0.2, -0.15) is 0 Å². The first kappa shape index (κ1) is 13.8. The average Bonchev–Trinajstić information content (AvgIpc) is 2.41. The van der Waals surface area contributed by atoms with Crippen molar-refractivity contribution >= 4 is 27.5 Å². The number of carbonyl (C=O) groups excluding carboxylic acids is 1. The number of nitrogens with zero attached hydrogens (tertiary/aromatic N) is 1. The maximum absolute atomic E-state index is 12.4. The van der Waals surface area contributed by atoms with E-state index in [1.54, 1.807) is 11.9 Å². The summed E-state index contributed by atoms with van der Waals surface area (Å²) in [5.74, 6) is -0.000506. The largest absolute Gasteiger partial charge is 0.311 e. The highest BCUT2D eigenvalue weighted by atomic mass is 79.9. The monoisotopic (exact) mass is 317 g/mol. The van der Waals surface area contributed by atoms with Gasteiger partial charge in [-0.15, -0.1) is 0 Å². The van der Waals surface area contributed by atoms with Crippen LogP contribution in [0.15, 0.2) is 46.9 Å². The van der Waals surface area contributed by atoms with Crippen molar-refractivity contribution in [3.63, 3.8) is 0 Å². The molecule has 0 atom stereocenters. The van der Waals surface area contributed by atoms with E-state index in [0.717, 1.165) is 15.7 Å². The zero-order valence-corrected chi connectivity index (χ0v) is 12.9. The van der Waals surface area contributed by atoms with Crippen LogP contribution >= 0.6 is 15.9 Å². The van der Waals surface area contributed by atoms with E-state index in [4.69, 9.17) is 0 Å². The van der Waals surface area contributed by atoms with Crippen LogP contribution in [0.25, 0.3) is 0 Å². The molecule has 1 amide bonds. The van der Waals surface area contributed by atoms with E-state index in [9.17, 15) is 4.79 Å². The smallest absolute Gasteiger partial charge is 0.258 e. The maximum atomic E-state index is 12.4. The zero-order chi connectivity index (χ0) is 14.0. The fraction of sp³-hybridized carbons (Fsp3) is 0.188. The van der Waals surface area contributed by atoms with Crippen LogP contribution in [0.1, 0.15) is 21.5 Å². The van der Waals surface area contributed by atoms with Gasteiger partial charge in [-0.1, -0.05) is 33.6 Å². The number of rotatable bonds is 2. The number of amides is 1. The number of carbonyl (C=O) groups is 1. The molecule has 0 radical (unpaired) electrons. The lowest BCUT2D eigenvalue weighted by Crippen LogP contribution is -2.26. The van der Waals surface area contributed by atoms with Gasteiger partial charge in [0.2, 0.25) is 0 Å². The second-order valence-corrected chi connectivity index (χ2v) is 5.52. The summed E-state index contributed by atoms with van der Waals surface area (Å²) in [5.41, 5.74) is 3.84. The summed E-state index contributed by atoms with van der Waals surface area (Å²) < 4.78 is 1.02. The standard InChI is InChI=1S/C16H16BrNO/c1-11-4-7-14(8-5-11)18(3)16(19)13-6-9-15(17)12(2)10-13/h4-10H,1-3H3. The summed E-state index contributed by atoms with van der Waals surface area (Å²) in [6.07, 6.45) is 0. The van der Waals surface area contributed by atoms with Gasteiger partial charge in [0, 0.05) is 22.8 Å². The average molecular weight is 318 g/mol. The fourth-order valence-electron chi connectivity index (χ4n) is 1.86. The van der Waals surface area contributed by atoms with Gasteiger partial charge in [-0.3, -0.25) is 4.79 Å². The van der Waals surface area contributed by atoms with Crippen LogP contribution in [0, 0.1) is 13.8 Å². The third-order valence-electron chi connectivity index (χ3n) is 3.13. The Morgan fingerprint density at radius 3 is 2.26 bits per heavy atom. The molecule has 2 aromatic rings. The van der Waals surface area contributed by atoms with Gasteiger partial charge in [-0.05, 0) is 49.7 Å². The van der Waals surface area contributed by atoms with Gasteiger partial charge < -0.3 is 4.90 Å². The van der Waals surface area contributed by atoms with Crippen molar-refractivity contribution < 1.29 is 4.79 Å². The van der Waals surface area contributed by atoms with E-state index >= 15 is 0 Å². The quantitative estimate of drug-likeness (QED) is 0.806. The zero-order valence-electron chi connectivity index (χ0n) is 11.3. The highest BCUT2D eigenvalue weighted by molar-refractivity contribution is 9.10. The van der Waals surface area contributed by atoms with Gasteiger partial charge >= 0.3 is 0 Å². The number of halogens is 1. The number of hydrogen-bond acceptors (Lipinski definition) is 1. The van der Waals surface area contributed by atoms with Gasteiger partial charge in [0.15, 0.2) is 0 Å². The van der Waals surface area contributed by atoms with Crippen molar-refractivity contribution in [2.75, 3.05) is 11.9 Å². The fourth-order valence-corrected chi connectivity index (χ4v) is 2.10. The summed E-state index contributed by atoms with van der Waals surface area (Å²) in [5, 5.41) is 0. The van der Waals surface area contributed by atoms with Crippen LogP contribution in [0.4, 0.5) is 5.69 Å². The minimum Gasteiger partial charge on any atom is -0.311 e. The highest BCUT2D eigenvalue weighted by Gasteiger charge is 2.13. The van der Waals surface area contributed by atoms with E-state index in [1.807, 2.05) is 56.3 Å². The Hall–Kier alpha value is -1.61. The van der Waals surface area contributed by atoms with Crippen LogP contribution in [0.3, 0.4) is 0 Å². The number of anilines is 1. The Kier molecular flexibility index (Phi) is 4.05. The molecule has 3 heteroatoms. The minimum atomic E-state index is -0.000506. The van der Waals surface area contributed by atoms with Gasteiger partial charge in [0.05, 0.1) is 0 Å². The molecule has 2 nitrogen and oxygen atoms in total. The molecule has 0 saturated carbocycles. The highest BCUT2D eigenvalue weighted by Crippen LogP contribution is 2.20. The van der Waals surface area contributed by atoms with Crippen molar-refractivity contribution in [3.05, 3.63) is 63.6 Å². The Morgan fingerprint density at radius 2 is 1.68 bits per heavy atom. The Morgan fingerprint density at radius 1 is 1.05 bits per heavy atom. The van der Waals surface area contributed by atoms with E-state index < -0.39 is 0 Å². The number of hydrogen-bond donors (Lipinski definition) is 0. The molecule has 0 heterocycles. The number of benzene rings is 2. The van der Waals surface area contributed by atoms with E-state index in [-0.39, 0.29) is 5.91 Å². The van der Waals surface area contributed by atoms with E-state index in [2.05, 4.69) is 15.9 Å². The first-order valence-electron chi connectivity index (χ1n) is 6.10. The Balaban J connectivity index is 2.28. The van der Waals surface area contributed by atoms with Crippen LogP contribution in [-0.2, 0) is 0 Å². The van der Waals surface area contributed by atoms with Crippen LogP contribution < -0.4 is 4.90 Å². The van der Waals surface area contributed by atoms with Crippen molar-refractivity contribution in [1.29, 1.82) is 0 Å². The van der Waals surface area contributed by atoms with Crippen LogP contribution in [0.5, 0.6) is 0 Å². The van der Waals surface area contributed by atoms with Crippen LogP contribution in [-0.4, -0.2) is 13.0 Å². The third kappa shape index (κ3) is 3.04. The lowest BCUT2D eigenvalue weighted by Gasteiger charge is -2.18. The van der Waals surface area contributed by atoms with Crippen molar-refractivity contribution in [1.82, 2.24) is 0 Å². The first-order valence-corrected chi connectivity index (χ1v) is 6.89. The molecular formula is C16H16BrNO. The SMILES string of the molecule is Cc1ccc(N(C)C(=O)c2ccc(Br)c(C)c2)cc1. The molecule has 0 aliphatic rings. The van der Waals surface area contributed by atoms with Crippen LogP contribution in [0.2, 0.25) is 0 Å². The van der Waals surface area contributed by atoms with E-state index in [1.165, 1.54) is 5.56 Å². The molecule has 0 saturated heterocycles. The molecule has 98 valence electrons. The molecule has 0 N–H and O–H groups in total. The lowest BCUT2D eigenvalue weighted by atomic mass is 10.1. The molecule has 0 spiro atoms. The maximum Gasteiger partial charge on any atom is 0.258 e. The van der Waals surface area contributed by atoms with Crippen molar-refractivity contribution in [2.24, 2.45) is 0 Å². The second-order valence-electron chi connectivity index (χ2n) is 4.66. The van der Waals surface area contributed by atoms with Gasteiger partial charge in [-0.25, -0.2) is 0 Å². The summed E-state index contributed by atoms with van der Waals surface area (Å²) in [4.78, 5) is 14.1. The molecule has 2 rings (SSSR count). The summed E-state index contributed by atoms with van der Waals surface area (Å²) in [6, 6.07) is 13.6. The van der Waals surface area contributed by atoms with Gasteiger partial charge in [0.1, 0.15) is 0 Å². The topological polar surface area (TPSA) is 20.3 Å². The molecular weight excluding hydrogens is 302 g/mol. The molecule has 19 heavy (non-hydrogen) atoms. The Bertz CT molecular complexity index is 605. The molecule has 0 aliphatic heterocycles. The number of aryl methyl sites for hydroxylation is 2. The molecule has 0 unspecified atom stereocenters. The lowest BCUT2D eigenvalue weighted by molar-refractivity contribution is 0.0993. The predicted molar refractivity (Wildman–Crippen MR) is 82.8 cm³/mol. The van der Waals surface area contributed by atoms with Crippen molar-refractivity contribution in [2.45, 2.75) is 13.8 Å². The third-order valence-corrected chi connectivity index (χ3v) is 4.02. The molecule has 0 bridgehead atoms. The molecule has 0 aromatic heterocycles. The molecule has 2 aromatic carbocycles. The summed E-state index contributed by atoms with van der Waals surface area (Å²) in [7, 11) is 1.80. The van der Waals surface area contributed by atoms with E-state index in [0.29, 0.717) is 5.56 Å². The van der Waals surface area contributed by atoms with Crippen molar-refractivity contribution in [3.8, 4) is 0 Å². The minimum absolute atomic E-state index is 0.000506. The normalized spacial score (nSPS) is 10.3.